The Morgan fingerprint density at radius 1 is 1.29 bits per heavy atom. The molecule has 1 saturated heterocycles. The maximum absolute atomic E-state index is 4.46. The summed E-state index contributed by atoms with van der Waals surface area (Å²) in [5.74, 6) is 1.65. The largest absolute Gasteiger partial charge is 0.369 e. The highest BCUT2D eigenvalue weighted by molar-refractivity contribution is 5.88. The monoisotopic (exact) mass is 330 g/mol. The summed E-state index contributed by atoms with van der Waals surface area (Å²) in [6.07, 6.45) is 6.81. The van der Waals surface area contributed by atoms with Gasteiger partial charge < -0.3 is 10.2 Å². The van der Waals surface area contributed by atoms with E-state index in [-0.39, 0.29) is 0 Å². The predicted octanol–water partition coefficient (Wildman–Crippen LogP) is 2.98. The van der Waals surface area contributed by atoms with Crippen molar-refractivity contribution in [3.8, 4) is 0 Å². The van der Waals surface area contributed by atoms with Gasteiger partial charge >= 0.3 is 0 Å². The molecule has 1 atom stereocenters. The van der Waals surface area contributed by atoms with E-state index in [9.17, 15) is 0 Å². The van der Waals surface area contributed by atoms with Crippen LogP contribution in [-0.4, -0.2) is 50.3 Å². The summed E-state index contributed by atoms with van der Waals surface area (Å²) in [6, 6.07) is 0.695. The van der Waals surface area contributed by atoms with E-state index in [0.717, 1.165) is 41.4 Å². The van der Waals surface area contributed by atoms with Crippen LogP contribution in [0.2, 0.25) is 0 Å². The van der Waals surface area contributed by atoms with E-state index in [2.05, 4.69) is 39.1 Å². The van der Waals surface area contributed by atoms with Crippen molar-refractivity contribution in [3.05, 3.63) is 12.0 Å². The van der Waals surface area contributed by atoms with Crippen LogP contribution in [0.1, 0.15) is 45.2 Å². The lowest BCUT2D eigenvalue weighted by molar-refractivity contribution is 0.127. The van der Waals surface area contributed by atoms with Crippen LogP contribution in [-0.2, 0) is 7.05 Å². The van der Waals surface area contributed by atoms with Crippen molar-refractivity contribution in [2.24, 2.45) is 13.0 Å². The fraction of sp³-hybridized carbons (Fsp3) is 0.722. The summed E-state index contributed by atoms with van der Waals surface area (Å²) < 4.78 is 1.82. The Morgan fingerprint density at radius 2 is 2.12 bits per heavy atom. The molecule has 3 heterocycles. The average Bonchev–Trinajstić information content (AvgIpc) is 2.84. The zero-order chi connectivity index (χ0) is 17.1. The molecule has 2 aromatic heterocycles. The first-order valence-corrected chi connectivity index (χ1v) is 9.18. The first-order chi connectivity index (χ1) is 11.6. The molecule has 132 valence electrons. The van der Waals surface area contributed by atoms with Gasteiger partial charge in [-0.05, 0) is 38.6 Å². The van der Waals surface area contributed by atoms with Crippen molar-refractivity contribution in [2.45, 2.75) is 52.5 Å². The molecule has 0 aromatic carbocycles. The third kappa shape index (κ3) is 3.69. The van der Waals surface area contributed by atoms with Crippen LogP contribution in [0.25, 0.3) is 11.0 Å². The zero-order valence-corrected chi connectivity index (χ0v) is 15.4. The molecule has 0 amide bonds. The number of anilines is 1. The molecule has 2 aromatic rings. The van der Waals surface area contributed by atoms with Gasteiger partial charge in [0.2, 0.25) is 0 Å². The van der Waals surface area contributed by atoms with Gasteiger partial charge in [0.05, 0.1) is 11.1 Å². The Morgan fingerprint density at radius 3 is 2.92 bits per heavy atom. The van der Waals surface area contributed by atoms with Crippen molar-refractivity contribution < 1.29 is 0 Å². The molecule has 1 aliphatic rings. The van der Waals surface area contributed by atoms with E-state index < -0.39 is 0 Å². The highest BCUT2D eigenvalue weighted by atomic mass is 15.3. The number of piperidine rings is 1. The molecule has 1 aliphatic heterocycles. The molecule has 0 radical (unpaired) electrons. The predicted molar refractivity (Wildman–Crippen MR) is 98.2 cm³/mol. The molecule has 3 rings (SSSR count). The number of aromatic nitrogens is 4. The number of nitrogens with zero attached hydrogens (tertiary/aromatic N) is 5. The second-order valence-corrected chi connectivity index (χ2v) is 7.38. The number of likely N-dealkylation sites (tertiary alicyclic amines) is 1. The first kappa shape index (κ1) is 17.1. The SMILES string of the molecule is Cc1nn(C)c2ncnc(NCCC3CCCCN3CC(C)C)c12. The summed E-state index contributed by atoms with van der Waals surface area (Å²) in [6.45, 7) is 10.0. The number of hydrogen-bond donors (Lipinski definition) is 1. The molecule has 6 heteroatoms. The molecule has 24 heavy (non-hydrogen) atoms. The van der Waals surface area contributed by atoms with E-state index in [1.807, 2.05) is 18.7 Å². The number of hydrogen-bond acceptors (Lipinski definition) is 5. The van der Waals surface area contributed by atoms with Gasteiger partial charge in [-0.15, -0.1) is 0 Å². The van der Waals surface area contributed by atoms with Crippen molar-refractivity contribution in [3.63, 3.8) is 0 Å². The van der Waals surface area contributed by atoms with Crippen LogP contribution in [0.15, 0.2) is 6.33 Å². The Bertz CT molecular complexity index is 677. The number of aryl methyl sites for hydroxylation is 2. The fourth-order valence-corrected chi connectivity index (χ4v) is 3.86. The van der Waals surface area contributed by atoms with Gasteiger partial charge in [0.25, 0.3) is 0 Å². The van der Waals surface area contributed by atoms with Crippen LogP contribution in [0.3, 0.4) is 0 Å². The highest BCUT2D eigenvalue weighted by Crippen LogP contribution is 2.24. The lowest BCUT2D eigenvalue weighted by Gasteiger charge is -2.37. The molecule has 1 unspecified atom stereocenters. The van der Waals surface area contributed by atoms with Gasteiger partial charge in [0.1, 0.15) is 12.1 Å². The van der Waals surface area contributed by atoms with Crippen molar-refractivity contribution in [1.29, 1.82) is 0 Å². The summed E-state index contributed by atoms with van der Waals surface area (Å²) >= 11 is 0. The summed E-state index contributed by atoms with van der Waals surface area (Å²) in [5, 5.41) is 9.04. The molecular formula is C18H30N6. The summed E-state index contributed by atoms with van der Waals surface area (Å²) in [7, 11) is 1.93. The number of fused-ring (bicyclic) bond motifs is 1. The van der Waals surface area contributed by atoms with Crippen LogP contribution < -0.4 is 5.32 Å². The van der Waals surface area contributed by atoms with Crippen molar-refractivity contribution in [1.82, 2.24) is 24.6 Å². The van der Waals surface area contributed by atoms with Crippen molar-refractivity contribution in [2.75, 3.05) is 25.0 Å². The minimum absolute atomic E-state index is 0.695. The van der Waals surface area contributed by atoms with E-state index in [0.29, 0.717) is 6.04 Å². The van der Waals surface area contributed by atoms with E-state index >= 15 is 0 Å². The molecule has 0 aliphatic carbocycles. The summed E-state index contributed by atoms with van der Waals surface area (Å²) in [4.78, 5) is 11.5. The third-order valence-electron chi connectivity index (χ3n) is 4.91. The maximum Gasteiger partial charge on any atom is 0.163 e. The first-order valence-electron chi connectivity index (χ1n) is 9.18. The van der Waals surface area contributed by atoms with Crippen LogP contribution in [0, 0.1) is 12.8 Å². The Kier molecular flexibility index (Phi) is 5.33. The minimum atomic E-state index is 0.695. The standard InChI is InChI=1S/C18H30N6/c1-13(2)11-24-10-6-5-7-15(24)8-9-19-17-16-14(3)22-23(4)18(16)21-12-20-17/h12-13,15H,5-11H2,1-4H3,(H,19,20,21). The van der Waals surface area contributed by atoms with Crippen LogP contribution in [0.4, 0.5) is 5.82 Å². The van der Waals surface area contributed by atoms with Gasteiger partial charge in [-0.2, -0.15) is 5.10 Å². The maximum atomic E-state index is 4.46. The van der Waals surface area contributed by atoms with Gasteiger partial charge in [-0.25, -0.2) is 9.97 Å². The van der Waals surface area contributed by atoms with E-state index in [4.69, 9.17) is 0 Å². The smallest absolute Gasteiger partial charge is 0.163 e. The van der Waals surface area contributed by atoms with Crippen LogP contribution >= 0.6 is 0 Å². The van der Waals surface area contributed by atoms with E-state index in [1.54, 1.807) is 6.33 Å². The topological polar surface area (TPSA) is 58.9 Å². The van der Waals surface area contributed by atoms with Gasteiger partial charge in [0, 0.05) is 26.2 Å². The zero-order valence-electron chi connectivity index (χ0n) is 15.4. The molecule has 0 bridgehead atoms. The normalized spacial score (nSPS) is 19.3. The lowest BCUT2D eigenvalue weighted by Crippen LogP contribution is -2.42. The molecule has 0 saturated carbocycles. The Labute approximate surface area is 144 Å². The Hall–Kier alpha value is -1.69. The van der Waals surface area contributed by atoms with Gasteiger partial charge in [-0.1, -0.05) is 20.3 Å². The van der Waals surface area contributed by atoms with Crippen LogP contribution in [0.5, 0.6) is 0 Å². The quantitative estimate of drug-likeness (QED) is 0.882. The van der Waals surface area contributed by atoms with Gasteiger partial charge in [-0.3, -0.25) is 4.68 Å². The average molecular weight is 330 g/mol. The molecule has 1 N–H and O–H groups in total. The second kappa shape index (κ2) is 7.47. The lowest BCUT2D eigenvalue weighted by atomic mass is 9.98. The van der Waals surface area contributed by atoms with Crippen molar-refractivity contribution >= 4 is 16.9 Å². The highest BCUT2D eigenvalue weighted by Gasteiger charge is 2.22. The fourth-order valence-electron chi connectivity index (χ4n) is 3.86. The Balaban J connectivity index is 1.64. The molecule has 0 spiro atoms. The molecular weight excluding hydrogens is 300 g/mol. The second-order valence-electron chi connectivity index (χ2n) is 7.38. The molecule has 1 fully saturated rings. The number of nitrogens with one attached hydrogen (secondary N) is 1. The summed E-state index contributed by atoms with van der Waals surface area (Å²) in [5.41, 5.74) is 1.87. The third-order valence-corrected chi connectivity index (χ3v) is 4.91. The van der Waals surface area contributed by atoms with E-state index in [1.165, 1.54) is 32.4 Å². The minimum Gasteiger partial charge on any atom is -0.369 e. The van der Waals surface area contributed by atoms with Gasteiger partial charge in [0.15, 0.2) is 5.65 Å². The molecule has 6 nitrogen and oxygen atoms in total. The number of rotatable bonds is 6.